The largest absolute Gasteiger partial charge is 0.394 e. The van der Waals surface area contributed by atoms with Crippen LogP contribution in [0.3, 0.4) is 0 Å². The highest BCUT2D eigenvalue weighted by Crippen LogP contribution is 2.37. The Morgan fingerprint density at radius 3 is 2.80 bits per heavy atom. The summed E-state index contributed by atoms with van der Waals surface area (Å²) in [5.74, 6) is -0.331. The van der Waals surface area contributed by atoms with Gasteiger partial charge in [-0.05, 0) is 0 Å². The molecule has 0 spiro atoms. The number of hydrogen-bond donors (Lipinski definition) is 5. The fourth-order valence-electron chi connectivity index (χ4n) is 1.90. The first kappa shape index (κ1) is 10.8. The number of nitrogens with one attached hydrogen (secondary N) is 2. The average molecular weight is 218 g/mol. The van der Waals surface area contributed by atoms with E-state index >= 15 is 0 Å². The summed E-state index contributed by atoms with van der Waals surface area (Å²) in [5.41, 5.74) is -1.10. The highest BCUT2D eigenvalue weighted by atomic mass is 16.6. The maximum absolute atomic E-state index is 10.9. The van der Waals surface area contributed by atoms with Crippen LogP contribution in [0.1, 0.15) is 6.92 Å². The smallest absolute Gasteiger partial charge is 0.218 e. The van der Waals surface area contributed by atoms with Gasteiger partial charge in [-0.1, -0.05) is 0 Å². The Morgan fingerprint density at radius 2 is 2.27 bits per heavy atom. The minimum Gasteiger partial charge on any atom is -0.394 e. The molecule has 2 aliphatic heterocycles. The van der Waals surface area contributed by atoms with Gasteiger partial charge in [-0.15, -0.1) is 0 Å². The Labute approximate surface area is 86.0 Å². The molecule has 5 N–H and O–H groups in total. The predicted octanol–water partition coefficient (Wildman–Crippen LogP) is -3.14. The number of carbonyl (C=O) groups excluding carboxylic acids is 1. The summed E-state index contributed by atoms with van der Waals surface area (Å²) in [5, 5.41) is 33.5. The normalized spacial score (nSPS) is 48.3. The van der Waals surface area contributed by atoms with Crippen LogP contribution in [0.4, 0.5) is 0 Å². The van der Waals surface area contributed by atoms with Gasteiger partial charge in [0, 0.05) is 6.92 Å². The van der Waals surface area contributed by atoms with E-state index in [-0.39, 0.29) is 12.5 Å². The van der Waals surface area contributed by atoms with E-state index in [9.17, 15) is 15.0 Å². The van der Waals surface area contributed by atoms with Gasteiger partial charge < -0.3 is 25.4 Å². The summed E-state index contributed by atoms with van der Waals surface area (Å²) in [7, 11) is 0. The Bertz CT molecular complexity index is 286. The second-order valence-electron chi connectivity index (χ2n) is 3.87. The Balaban J connectivity index is 2.11. The lowest BCUT2D eigenvalue weighted by Crippen LogP contribution is -2.61. The molecule has 0 aromatic rings. The summed E-state index contributed by atoms with van der Waals surface area (Å²) < 4.78 is 5.21. The van der Waals surface area contributed by atoms with Crippen LogP contribution in [0.2, 0.25) is 0 Å². The quantitative estimate of drug-likeness (QED) is 0.312. The van der Waals surface area contributed by atoms with Gasteiger partial charge in [0.2, 0.25) is 5.91 Å². The fraction of sp³-hybridized carbons (Fsp3) is 0.875. The van der Waals surface area contributed by atoms with E-state index in [0.717, 1.165) is 0 Å². The van der Waals surface area contributed by atoms with Crippen LogP contribution in [0.15, 0.2) is 0 Å². The van der Waals surface area contributed by atoms with Crippen molar-refractivity contribution in [3.05, 3.63) is 0 Å². The van der Waals surface area contributed by atoms with E-state index in [1.807, 2.05) is 0 Å². The van der Waals surface area contributed by atoms with Crippen molar-refractivity contribution in [1.29, 1.82) is 0 Å². The van der Waals surface area contributed by atoms with E-state index in [0.29, 0.717) is 0 Å². The van der Waals surface area contributed by atoms with Gasteiger partial charge in [-0.2, -0.15) is 0 Å². The fourth-order valence-corrected chi connectivity index (χ4v) is 1.90. The van der Waals surface area contributed by atoms with Gasteiger partial charge in [0.25, 0.3) is 0 Å². The van der Waals surface area contributed by atoms with Gasteiger partial charge in [0.15, 0.2) is 5.66 Å². The van der Waals surface area contributed by atoms with E-state index in [2.05, 4.69) is 10.6 Å². The third kappa shape index (κ3) is 1.52. The molecule has 0 radical (unpaired) electrons. The predicted molar refractivity (Wildman–Crippen MR) is 47.4 cm³/mol. The zero-order valence-corrected chi connectivity index (χ0v) is 8.17. The molecule has 0 unspecified atom stereocenters. The number of amides is 1. The molecule has 0 bridgehead atoms. The van der Waals surface area contributed by atoms with Crippen LogP contribution < -0.4 is 10.6 Å². The summed E-state index contributed by atoms with van der Waals surface area (Å²) >= 11 is 0. The molecular weight excluding hydrogens is 204 g/mol. The lowest BCUT2D eigenvalue weighted by Gasteiger charge is -2.35. The van der Waals surface area contributed by atoms with Crippen molar-refractivity contribution in [2.45, 2.75) is 37.1 Å². The average Bonchev–Trinajstić information content (AvgIpc) is 2.85. The number of aliphatic hydroxyl groups is 3. The second kappa shape index (κ2) is 3.39. The minimum atomic E-state index is -1.23. The van der Waals surface area contributed by atoms with Crippen molar-refractivity contribution in [2.24, 2.45) is 0 Å². The first-order chi connectivity index (χ1) is 7.01. The van der Waals surface area contributed by atoms with Crippen LogP contribution in [0, 0.1) is 0 Å². The summed E-state index contributed by atoms with van der Waals surface area (Å²) in [4.78, 5) is 10.9. The summed E-state index contributed by atoms with van der Waals surface area (Å²) in [6.45, 7) is 0.926. The van der Waals surface area contributed by atoms with Gasteiger partial charge in [-0.25, -0.2) is 0 Å². The molecular formula is C8H14N2O5. The number of ether oxygens (including phenoxy) is 1. The molecule has 0 aromatic carbocycles. The molecule has 1 amide bonds. The Kier molecular flexibility index (Phi) is 2.44. The van der Waals surface area contributed by atoms with Gasteiger partial charge in [0.1, 0.15) is 24.5 Å². The first-order valence-electron chi connectivity index (χ1n) is 4.70. The molecule has 2 saturated heterocycles. The van der Waals surface area contributed by atoms with Crippen molar-refractivity contribution in [3.8, 4) is 0 Å². The molecule has 7 nitrogen and oxygen atoms in total. The minimum absolute atomic E-state index is 0.331. The number of carbonyl (C=O) groups is 1. The van der Waals surface area contributed by atoms with Gasteiger partial charge in [0.05, 0.1) is 6.61 Å². The second-order valence-corrected chi connectivity index (χ2v) is 3.87. The molecule has 2 aliphatic rings. The molecule has 0 saturated carbocycles. The monoisotopic (exact) mass is 218 g/mol. The van der Waals surface area contributed by atoms with Gasteiger partial charge >= 0.3 is 0 Å². The number of aliphatic hydroxyl groups excluding tert-OH is 3. The SMILES string of the molecule is CC(=O)N[C@]12N[C@H]1O[C@H](CO)[C@@H](O)[C@@H]2O. The molecule has 15 heavy (non-hydrogen) atoms. The van der Waals surface area contributed by atoms with E-state index < -0.39 is 30.2 Å². The molecule has 2 fully saturated rings. The third-order valence-electron chi connectivity index (χ3n) is 2.74. The summed E-state index contributed by atoms with van der Waals surface area (Å²) in [6.07, 6.45) is -3.82. The van der Waals surface area contributed by atoms with Crippen molar-refractivity contribution in [1.82, 2.24) is 10.6 Å². The first-order valence-corrected chi connectivity index (χ1v) is 4.70. The van der Waals surface area contributed by atoms with Crippen LogP contribution in [0.5, 0.6) is 0 Å². The van der Waals surface area contributed by atoms with Crippen molar-refractivity contribution >= 4 is 5.91 Å². The summed E-state index contributed by atoms with van der Waals surface area (Å²) in [6, 6.07) is 0. The van der Waals surface area contributed by atoms with Crippen LogP contribution in [-0.4, -0.2) is 58.0 Å². The van der Waals surface area contributed by atoms with Crippen molar-refractivity contribution in [3.63, 3.8) is 0 Å². The van der Waals surface area contributed by atoms with Crippen molar-refractivity contribution < 1.29 is 24.9 Å². The third-order valence-corrected chi connectivity index (χ3v) is 2.74. The molecule has 7 heteroatoms. The van der Waals surface area contributed by atoms with Crippen LogP contribution >= 0.6 is 0 Å². The van der Waals surface area contributed by atoms with Crippen molar-refractivity contribution in [2.75, 3.05) is 6.61 Å². The van der Waals surface area contributed by atoms with Crippen LogP contribution in [0.25, 0.3) is 0 Å². The zero-order valence-electron chi connectivity index (χ0n) is 8.17. The number of rotatable bonds is 2. The molecule has 5 atom stereocenters. The van der Waals surface area contributed by atoms with E-state index in [1.165, 1.54) is 6.92 Å². The molecule has 2 rings (SSSR count). The zero-order chi connectivity index (χ0) is 11.2. The lowest BCUT2D eigenvalue weighted by molar-refractivity contribution is -0.165. The Hall–Kier alpha value is -0.730. The van der Waals surface area contributed by atoms with Gasteiger partial charge in [-0.3, -0.25) is 10.1 Å². The topological polar surface area (TPSA) is 121 Å². The lowest BCUT2D eigenvalue weighted by atomic mass is 9.97. The number of hydrogen-bond acceptors (Lipinski definition) is 6. The molecule has 2 heterocycles. The highest BCUT2D eigenvalue weighted by molar-refractivity contribution is 5.74. The number of fused-ring (bicyclic) bond motifs is 1. The molecule has 86 valence electrons. The van der Waals surface area contributed by atoms with E-state index in [1.54, 1.807) is 0 Å². The Morgan fingerprint density at radius 1 is 1.60 bits per heavy atom. The molecule has 0 aliphatic carbocycles. The van der Waals surface area contributed by atoms with Crippen LogP contribution in [-0.2, 0) is 9.53 Å². The van der Waals surface area contributed by atoms with E-state index in [4.69, 9.17) is 9.84 Å². The molecule has 0 aromatic heterocycles. The maximum atomic E-state index is 10.9. The standard InChI is InChI=1S/C8H14N2O5/c1-3(12)9-8-6(14)5(13)4(2-11)15-7(8)10-8/h4-7,10-11,13-14H,2H2,1H3,(H,9,12)/t4-,5-,6+,7+,8-/m1/s1. The maximum Gasteiger partial charge on any atom is 0.218 e. The highest BCUT2D eigenvalue weighted by Gasteiger charge is 2.67.